The van der Waals surface area contributed by atoms with Crippen LogP contribution in [-0.4, -0.2) is 0 Å². The quantitative estimate of drug-likeness (QED) is 0.142. The van der Waals surface area contributed by atoms with Crippen LogP contribution in [0.5, 0.6) is 0 Å². The Kier molecular flexibility index (Phi) is 10.7. The van der Waals surface area contributed by atoms with Gasteiger partial charge in [-0.3, -0.25) is 0 Å². The first kappa shape index (κ1) is 44.3. The molecule has 9 aromatic rings. The Balaban J connectivity index is 0.895. The van der Waals surface area contributed by atoms with E-state index < -0.39 is 0 Å². The van der Waals surface area contributed by atoms with Gasteiger partial charge in [0.05, 0.1) is 5.69 Å². The Morgan fingerprint density at radius 1 is 0.370 bits per heavy atom. The molecular formula is C71H64N2. The van der Waals surface area contributed by atoms with Gasteiger partial charge in [-0.15, -0.1) is 0 Å². The monoisotopic (exact) mass is 945 g/mol. The molecule has 9 aliphatic rings. The summed E-state index contributed by atoms with van der Waals surface area (Å²) in [7, 11) is 0. The minimum Gasteiger partial charge on any atom is -0.310 e. The average molecular weight is 945 g/mol. The van der Waals surface area contributed by atoms with E-state index >= 15 is 0 Å². The molecule has 0 aromatic heterocycles. The summed E-state index contributed by atoms with van der Waals surface area (Å²) in [6, 6.07) is 81.2. The molecule has 4 fully saturated rings. The summed E-state index contributed by atoms with van der Waals surface area (Å²) in [5, 5.41) is 0. The Morgan fingerprint density at radius 2 is 0.849 bits per heavy atom. The van der Waals surface area contributed by atoms with E-state index in [0.29, 0.717) is 5.41 Å². The molecule has 0 saturated heterocycles. The lowest BCUT2D eigenvalue weighted by molar-refractivity contribution is -0.00518. The van der Waals surface area contributed by atoms with Crippen molar-refractivity contribution in [2.75, 3.05) is 9.80 Å². The molecule has 0 unspecified atom stereocenters. The number of hydrogen-bond acceptors (Lipinski definition) is 2. The molecule has 9 aliphatic carbocycles. The van der Waals surface area contributed by atoms with Crippen molar-refractivity contribution >= 4 is 34.1 Å². The number of rotatable bonds is 9. The summed E-state index contributed by atoms with van der Waals surface area (Å²) < 4.78 is 0. The molecule has 4 saturated carbocycles. The van der Waals surface area contributed by atoms with Crippen molar-refractivity contribution in [1.29, 1.82) is 0 Å². The Labute approximate surface area is 433 Å². The van der Waals surface area contributed by atoms with E-state index in [4.69, 9.17) is 0 Å². The lowest BCUT2D eigenvalue weighted by Gasteiger charge is -2.57. The van der Waals surface area contributed by atoms with E-state index in [1.54, 1.807) is 5.56 Å². The van der Waals surface area contributed by atoms with E-state index in [2.05, 4.69) is 236 Å². The second-order valence-corrected chi connectivity index (χ2v) is 23.0. The van der Waals surface area contributed by atoms with Crippen molar-refractivity contribution < 1.29 is 0 Å². The van der Waals surface area contributed by atoms with E-state index in [0.717, 1.165) is 43.4 Å². The van der Waals surface area contributed by atoms with Gasteiger partial charge >= 0.3 is 0 Å². The summed E-state index contributed by atoms with van der Waals surface area (Å²) >= 11 is 0. The van der Waals surface area contributed by atoms with Gasteiger partial charge in [-0.25, -0.2) is 0 Å². The van der Waals surface area contributed by atoms with Crippen LogP contribution in [0.4, 0.5) is 34.1 Å². The normalized spacial score (nSPS) is 20.8. The van der Waals surface area contributed by atoms with Crippen LogP contribution in [0, 0.1) is 17.8 Å². The van der Waals surface area contributed by atoms with Crippen LogP contribution in [0.15, 0.2) is 212 Å². The third kappa shape index (κ3) is 7.67. The van der Waals surface area contributed by atoms with Crippen molar-refractivity contribution in [2.24, 2.45) is 17.8 Å². The third-order valence-corrected chi connectivity index (χ3v) is 18.2. The molecule has 73 heavy (non-hydrogen) atoms. The minimum absolute atomic E-state index is 0.149. The number of benzene rings is 9. The first-order valence-corrected chi connectivity index (χ1v) is 27.3. The summed E-state index contributed by atoms with van der Waals surface area (Å²) in [5.41, 5.74) is 24.9. The van der Waals surface area contributed by atoms with E-state index in [1.807, 2.05) is 0 Å². The Morgan fingerprint density at radius 3 is 1.44 bits per heavy atom. The molecule has 0 heterocycles. The van der Waals surface area contributed by atoms with Crippen LogP contribution in [0.3, 0.4) is 0 Å². The Hall–Kier alpha value is -7.42. The van der Waals surface area contributed by atoms with Gasteiger partial charge in [0.15, 0.2) is 0 Å². The van der Waals surface area contributed by atoms with Gasteiger partial charge in [-0.05, 0) is 197 Å². The molecule has 0 spiro atoms. The molecule has 358 valence electrons. The van der Waals surface area contributed by atoms with Crippen LogP contribution < -0.4 is 9.80 Å². The van der Waals surface area contributed by atoms with E-state index in [-0.39, 0.29) is 5.41 Å². The van der Waals surface area contributed by atoms with Crippen molar-refractivity contribution in [3.05, 3.63) is 251 Å². The first-order valence-electron chi connectivity index (χ1n) is 27.3. The fraction of sp³-hybridized carbons (Fsp3) is 0.239. The maximum Gasteiger partial charge on any atom is 0.0618 e. The van der Waals surface area contributed by atoms with Gasteiger partial charge in [-0.1, -0.05) is 178 Å². The number of aryl methyl sites for hydroxylation is 4. The molecular weight excluding hydrogens is 881 g/mol. The number of nitrogens with zero attached hydrogens (tertiary/aromatic N) is 2. The summed E-state index contributed by atoms with van der Waals surface area (Å²) in [6.07, 6.45) is 12.2. The lowest BCUT2D eigenvalue weighted by atomic mass is 9.48. The molecule has 0 atom stereocenters. The highest BCUT2D eigenvalue weighted by atomic mass is 15.2. The molecule has 0 radical (unpaired) electrons. The topological polar surface area (TPSA) is 6.48 Å². The van der Waals surface area contributed by atoms with Gasteiger partial charge in [0, 0.05) is 45.0 Å². The maximum atomic E-state index is 2.64. The van der Waals surface area contributed by atoms with Gasteiger partial charge < -0.3 is 9.80 Å². The Bertz CT molecular complexity index is 3420. The SMILES string of the molecule is CC1(C)c2ccccc2-c2ccc(N(c3cc4ccc3CCc3ccc(c(N(c5ccccc5)c5ccc(C67CC8CC(CC(C8)C6)C7)cc5)c3)CC4)c3c(-c4ccccc4)cccc3-c3ccccc3)cc21. The standard InChI is InChI=1S/C71H64N2/c1-70(2)65-24-13-12-21-63(65)64-38-37-60(44-66(64)70)73(69-61(53-15-6-3-7-16-53)22-14-23-62(69)54-17-8-4-9-18-54)68-43-49-26-30-55-29-25-48(27-31-56(68)32-28-49)42-67(55)72(58-19-10-5-11-20-58)59-35-33-57(34-36-59)71-45-50-39-51(46-71)41-52(40-50)47-71/h3-25,28-29,32-38,42-44,50-52H,26-27,30-31,39-41,45-47H2,1-2H3. The van der Waals surface area contributed by atoms with Gasteiger partial charge in [0.25, 0.3) is 0 Å². The molecule has 0 amide bonds. The fourth-order valence-corrected chi connectivity index (χ4v) is 15.1. The number of hydrogen-bond donors (Lipinski definition) is 0. The number of anilines is 6. The van der Waals surface area contributed by atoms with E-state index in [9.17, 15) is 0 Å². The van der Waals surface area contributed by atoms with Crippen LogP contribution in [0.25, 0.3) is 33.4 Å². The number of fused-ring (bicyclic) bond motifs is 3. The zero-order valence-corrected chi connectivity index (χ0v) is 42.4. The van der Waals surface area contributed by atoms with Crippen LogP contribution in [0.1, 0.15) is 91.3 Å². The lowest BCUT2D eigenvalue weighted by Crippen LogP contribution is -2.48. The van der Waals surface area contributed by atoms with Gasteiger partial charge in [-0.2, -0.15) is 0 Å². The molecule has 2 nitrogen and oxygen atoms in total. The smallest absolute Gasteiger partial charge is 0.0618 e. The second kappa shape index (κ2) is 17.7. The zero-order chi connectivity index (χ0) is 48.7. The fourth-order valence-electron chi connectivity index (χ4n) is 15.1. The van der Waals surface area contributed by atoms with Crippen LogP contribution in [0.2, 0.25) is 0 Å². The maximum absolute atomic E-state index is 2.64. The molecule has 0 N–H and O–H groups in total. The molecule has 8 bridgehead atoms. The third-order valence-electron chi connectivity index (χ3n) is 18.2. The van der Waals surface area contributed by atoms with Crippen molar-refractivity contribution in [1.82, 2.24) is 0 Å². The predicted octanol–water partition coefficient (Wildman–Crippen LogP) is 18.6. The molecule has 18 rings (SSSR count). The highest BCUT2D eigenvalue weighted by molar-refractivity contribution is 5.99. The van der Waals surface area contributed by atoms with E-state index in [1.165, 1.54) is 139 Å². The first-order chi connectivity index (χ1) is 35.8. The molecule has 2 heteroatoms. The largest absolute Gasteiger partial charge is 0.310 e. The highest BCUT2D eigenvalue weighted by Gasteiger charge is 2.51. The summed E-state index contributed by atoms with van der Waals surface area (Å²) in [6.45, 7) is 4.81. The van der Waals surface area contributed by atoms with Gasteiger partial charge in [0.1, 0.15) is 0 Å². The van der Waals surface area contributed by atoms with Crippen LogP contribution in [-0.2, 0) is 36.5 Å². The molecule has 0 aliphatic heterocycles. The summed E-state index contributed by atoms with van der Waals surface area (Å²) in [5.74, 6) is 2.79. The van der Waals surface area contributed by atoms with Crippen molar-refractivity contribution in [3.8, 4) is 33.4 Å². The zero-order valence-electron chi connectivity index (χ0n) is 42.4. The second-order valence-electron chi connectivity index (χ2n) is 23.0. The van der Waals surface area contributed by atoms with Crippen LogP contribution >= 0.6 is 0 Å². The van der Waals surface area contributed by atoms with Crippen molar-refractivity contribution in [2.45, 2.75) is 88.9 Å². The van der Waals surface area contributed by atoms with Crippen molar-refractivity contribution in [3.63, 3.8) is 0 Å². The van der Waals surface area contributed by atoms with Gasteiger partial charge in [0.2, 0.25) is 0 Å². The predicted molar refractivity (Wildman–Crippen MR) is 305 cm³/mol. The average Bonchev–Trinajstić information content (AvgIpc) is 3.66. The highest BCUT2D eigenvalue weighted by Crippen LogP contribution is 2.61. The molecule has 9 aromatic carbocycles. The number of para-hydroxylation sites is 2. The minimum atomic E-state index is -0.149. The summed E-state index contributed by atoms with van der Waals surface area (Å²) in [4.78, 5) is 5.20.